The number of alkyl halides is 2. The molecule has 292 valence electrons. The number of likely N-dealkylation sites (tertiary alicyclic amines) is 1. The van der Waals surface area contributed by atoms with Gasteiger partial charge in [-0.05, 0) is 110 Å². The van der Waals surface area contributed by atoms with Gasteiger partial charge in [-0.3, -0.25) is 20.0 Å². The van der Waals surface area contributed by atoms with Gasteiger partial charge in [-0.1, -0.05) is 11.6 Å². The number of nitrogens with one attached hydrogen (secondary N) is 2. The number of fused-ring (bicyclic) bond motifs is 3. The molecule has 2 aliphatic heterocycles. The summed E-state index contributed by atoms with van der Waals surface area (Å²) in [5, 5.41) is 15.5. The van der Waals surface area contributed by atoms with E-state index in [0.717, 1.165) is 49.5 Å². The van der Waals surface area contributed by atoms with Crippen LogP contribution in [0.15, 0.2) is 30.7 Å². The van der Waals surface area contributed by atoms with Crippen molar-refractivity contribution >= 4 is 45.7 Å². The van der Waals surface area contributed by atoms with E-state index in [1.165, 1.54) is 12.8 Å². The second-order valence-corrected chi connectivity index (χ2v) is 17.9. The molecule has 1 amide bonds. The summed E-state index contributed by atoms with van der Waals surface area (Å²) in [5.41, 5.74) is 0.329. The number of nitrogens with zero attached hydrogens (tertiary/aromatic N) is 6. The largest absolute Gasteiger partial charge is 0.374 e. The number of halogens is 5. The van der Waals surface area contributed by atoms with Crippen LogP contribution in [0.2, 0.25) is 5.02 Å². The topological polar surface area (TPSA) is 111 Å². The van der Waals surface area contributed by atoms with Crippen LogP contribution in [0.5, 0.6) is 0 Å². The zero-order chi connectivity index (χ0) is 38.9. The monoisotopic (exact) mass is 780 g/mol. The number of piperidine rings is 1. The molecular weight excluding hydrogens is 736 g/mol. The number of rotatable bonds is 10. The van der Waals surface area contributed by atoms with Gasteiger partial charge in [0.1, 0.15) is 11.7 Å². The molecular formula is C40H45ClF4N8O2. The van der Waals surface area contributed by atoms with E-state index in [1.54, 1.807) is 18.6 Å². The minimum Gasteiger partial charge on any atom is -0.374 e. The first kappa shape index (κ1) is 36.8. The van der Waals surface area contributed by atoms with E-state index in [4.69, 9.17) is 21.6 Å². The molecule has 4 fully saturated rings. The fraction of sp³-hybridized carbons (Fsp3) is 0.550. The molecule has 4 aromatic rings. The maximum atomic E-state index is 15.6. The Morgan fingerprint density at radius 2 is 1.78 bits per heavy atom. The van der Waals surface area contributed by atoms with E-state index < -0.39 is 46.0 Å². The highest BCUT2D eigenvalue weighted by atomic mass is 35.5. The molecule has 3 aromatic heterocycles. The van der Waals surface area contributed by atoms with Gasteiger partial charge in [-0.15, -0.1) is 0 Å². The van der Waals surface area contributed by atoms with Crippen LogP contribution in [0.25, 0.3) is 22.3 Å². The van der Waals surface area contributed by atoms with Crippen molar-refractivity contribution in [3.63, 3.8) is 0 Å². The molecule has 15 heteroatoms. The number of hydrogen-bond donors (Lipinski definition) is 3. The maximum Gasteiger partial charge on any atom is 0.256 e. The number of carbonyl (C=O) groups excluding carboxylic acids is 1. The number of aromatic nitrogens is 4. The lowest BCUT2D eigenvalue weighted by Gasteiger charge is -2.55. The van der Waals surface area contributed by atoms with Gasteiger partial charge in [0, 0.05) is 41.5 Å². The molecule has 3 aliphatic carbocycles. The van der Waals surface area contributed by atoms with Crippen LogP contribution in [0.3, 0.4) is 0 Å². The van der Waals surface area contributed by atoms with Crippen LogP contribution in [0.1, 0.15) is 96.7 Å². The number of anilines is 3. The lowest BCUT2D eigenvalue weighted by atomic mass is 9.71. The summed E-state index contributed by atoms with van der Waals surface area (Å²) < 4.78 is 60.2. The molecule has 3 unspecified atom stereocenters. The molecule has 3 atom stereocenters. The van der Waals surface area contributed by atoms with Gasteiger partial charge < -0.3 is 19.9 Å². The highest BCUT2D eigenvalue weighted by Gasteiger charge is 2.57. The number of hydrogen-bond acceptors (Lipinski definition) is 8. The third kappa shape index (κ3) is 5.84. The first-order valence-electron chi connectivity index (χ1n) is 19.2. The molecule has 9 rings (SSSR count). The summed E-state index contributed by atoms with van der Waals surface area (Å²) >= 11 is 6.14. The van der Waals surface area contributed by atoms with Crippen LogP contribution in [0.4, 0.5) is 34.8 Å². The predicted octanol–water partition coefficient (Wildman–Crippen LogP) is 8.01. The Balaban J connectivity index is 1.07. The first-order chi connectivity index (χ1) is 26.0. The third-order valence-electron chi connectivity index (χ3n) is 13.0. The van der Waals surface area contributed by atoms with E-state index in [-0.39, 0.29) is 47.8 Å². The lowest BCUT2D eigenvalue weighted by Crippen LogP contribution is -2.64. The van der Waals surface area contributed by atoms with Crippen molar-refractivity contribution in [2.24, 2.45) is 11.8 Å². The summed E-state index contributed by atoms with van der Waals surface area (Å²) in [6.45, 7) is 12.2. The van der Waals surface area contributed by atoms with E-state index in [9.17, 15) is 18.7 Å². The molecule has 5 aliphatic rings. The molecule has 3 N–H and O–H groups in total. The van der Waals surface area contributed by atoms with Crippen LogP contribution < -0.4 is 15.5 Å². The Morgan fingerprint density at radius 3 is 2.45 bits per heavy atom. The quantitative estimate of drug-likeness (QED) is 0.0844. The number of aliphatic hydroxyl groups excluding tert-OH is 1. The fourth-order valence-electron chi connectivity index (χ4n) is 9.24. The molecule has 5 heterocycles. The highest BCUT2D eigenvalue weighted by Crippen LogP contribution is 2.53. The van der Waals surface area contributed by atoms with Gasteiger partial charge in [-0.25, -0.2) is 27.5 Å². The molecule has 55 heavy (non-hydrogen) atoms. The zero-order valence-corrected chi connectivity index (χ0v) is 32.2. The molecule has 1 aromatic carbocycles. The summed E-state index contributed by atoms with van der Waals surface area (Å²) in [6, 6.07) is 4.74. The second-order valence-electron chi connectivity index (χ2n) is 17.5. The molecule has 3 saturated carbocycles. The highest BCUT2D eigenvalue weighted by molar-refractivity contribution is 6.31. The number of imidazole rings is 1. The Hall–Kier alpha value is -3.85. The number of amides is 1. The number of aliphatic hydroxyl groups is 1. The Bertz CT molecular complexity index is 2240. The van der Waals surface area contributed by atoms with E-state index >= 15 is 8.78 Å². The molecule has 0 bridgehead atoms. The number of carbonyl (C=O) groups is 1. The first-order valence-corrected chi connectivity index (χ1v) is 19.5. The van der Waals surface area contributed by atoms with Crippen LogP contribution in [-0.4, -0.2) is 72.1 Å². The number of pyridine rings is 2. The van der Waals surface area contributed by atoms with Crippen molar-refractivity contribution in [2.45, 2.75) is 114 Å². The van der Waals surface area contributed by atoms with Crippen molar-refractivity contribution in [3.05, 3.63) is 58.6 Å². The SMILES string of the molecule is CC(C)n1cnc2cc(-c3cnc4c(c3)N(C3CC(C)(N5CCC6CC6C5)C3)C(=O)C4(C)C)nc(Nc3cc(C(O)NC4(C(F)F)CC4)c(Cl)c(F)c3F)c21. The van der Waals surface area contributed by atoms with Gasteiger partial charge in [0.25, 0.3) is 6.43 Å². The van der Waals surface area contributed by atoms with Crippen molar-refractivity contribution in [1.82, 2.24) is 29.7 Å². The van der Waals surface area contributed by atoms with E-state index in [1.807, 2.05) is 43.2 Å². The standard InChI is InChI=1S/C40H45ClF4N8O2/c1-19(2)52-18-47-27-13-25(48-34(32(27)52)49-26-12-24(29(41)31(43)30(26)42)35(54)50-40(7-8-40)36(44)45)21-11-28-33(46-16-21)38(3,4)37(55)53(28)23-14-39(5,15-23)51-9-6-20-10-22(20)17-51/h11-13,16,18-20,22-23,35-36,50,54H,6-10,14-15,17H2,1-5H3,(H,48,49). The Morgan fingerprint density at radius 1 is 1.04 bits per heavy atom. The summed E-state index contributed by atoms with van der Waals surface area (Å²) in [5.74, 6) is -0.943. The van der Waals surface area contributed by atoms with Gasteiger partial charge in [0.15, 0.2) is 17.5 Å². The maximum absolute atomic E-state index is 15.6. The Kier molecular flexibility index (Phi) is 8.41. The van der Waals surface area contributed by atoms with Gasteiger partial charge in [0.2, 0.25) is 5.91 Å². The van der Waals surface area contributed by atoms with Crippen molar-refractivity contribution < 1.29 is 27.5 Å². The van der Waals surface area contributed by atoms with Crippen LogP contribution in [0, 0.1) is 23.5 Å². The minimum atomic E-state index is -2.77. The van der Waals surface area contributed by atoms with E-state index in [0.29, 0.717) is 28.0 Å². The Labute approximate surface area is 321 Å². The zero-order valence-electron chi connectivity index (χ0n) is 31.4. The van der Waals surface area contributed by atoms with Gasteiger partial charge in [-0.2, -0.15) is 0 Å². The summed E-state index contributed by atoms with van der Waals surface area (Å²) in [7, 11) is 0. The second kappa shape index (κ2) is 12.6. The third-order valence-corrected chi connectivity index (χ3v) is 13.4. The van der Waals surface area contributed by atoms with E-state index in [2.05, 4.69) is 27.4 Å². The van der Waals surface area contributed by atoms with Crippen molar-refractivity contribution in [2.75, 3.05) is 23.3 Å². The fourth-order valence-corrected chi connectivity index (χ4v) is 9.48. The summed E-state index contributed by atoms with van der Waals surface area (Å²) in [6.07, 6.45) is 3.29. The van der Waals surface area contributed by atoms with Gasteiger partial charge >= 0.3 is 0 Å². The smallest absolute Gasteiger partial charge is 0.256 e. The van der Waals surface area contributed by atoms with Crippen LogP contribution >= 0.6 is 11.6 Å². The lowest BCUT2D eigenvalue weighted by molar-refractivity contribution is -0.124. The van der Waals surface area contributed by atoms with Crippen molar-refractivity contribution in [3.8, 4) is 11.3 Å². The van der Waals surface area contributed by atoms with Gasteiger partial charge in [0.05, 0.1) is 50.6 Å². The molecule has 10 nitrogen and oxygen atoms in total. The minimum absolute atomic E-state index is 0.00965. The van der Waals surface area contributed by atoms with Crippen molar-refractivity contribution in [1.29, 1.82) is 0 Å². The predicted molar refractivity (Wildman–Crippen MR) is 202 cm³/mol. The summed E-state index contributed by atoms with van der Waals surface area (Å²) in [4.78, 5) is 33.0. The average Bonchev–Trinajstić information content (AvgIpc) is 4.04. The number of benzene rings is 1. The molecule has 0 radical (unpaired) electrons. The molecule has 1 saturated heterocycles. The normalized spacial score (nSPS) is 27.0. The molecule has 0 spiro atoms. The van der Waals surface area contributed by atoms with Crippen LogP contribution in [-0.2, 0) is 10.2 Å². The average molecular weight is 781 g/mol.